The highest BCUT2D eigenvalue weighted by Gasteiger charge is 2.21. The zero-order valence-electron chi connectivity index (χ0n) is 17.4. The number of anilines is 2. The third-order valence-corrected chi connectivity index (χ3v) is 5.46. The van der Waals surface area contributed by atoms with Crippen molar-refractivity contribution in [1.82, 2.24) is 9.97 Å². The van der Waals surface area contributed by atoms with Crippen LogP contribution in [0.2, 0.25) is 0 Å². The number of carbonyl (C=O) groups excluding carboxylic acids is 2. The fourth-order valence-electron chi connectivity index (χ4n) is 3.17. The van der Waals surface area contributed by atoms with Gasteiger partial charge in [0.1, 0.15) is 11.3 Å². The molecule has 0 aliphatic heterocycles. The summed E-state index contributed by atoms with van der Waals surface area (Å²) in [7, 11) is 1.49. The molecule has 0 saturated carbocycles. The zero-order chi connectivity index (χ0) is 22.5. The predicted octanol–water partition coefficient (Wildman–Crippen LogP) is 4.73. The minimum absolute atomic E-state index is 0.216. The maximum Gasteiger partial charge on any atom is 0.291 e. The van der Waals surface area contributed by atoms with Crippen LogP contribution in [0, 0.1) is 0 Å². The van der Waals surface area contributed by atoms with E-state index in [1.807, 2.05) is 24.3 Å². The van der Waals surface area contributed by atoms with Gasteiger partial charge in [-0.2, -0.15) is 0 Å². The number of hydrogen-bond acceptors (Lipinski definition) is 7. The van der Waals surface area contributed by atoms with E-state index < -0.39 is 0 Å². The Hall–Kier alpha value is -3.85. The molecule has 0 fully saturated rings. The Morgan fingerprint density at radius 2 is 1.84 bits per heavy atom. The van der Waals surface area contributed by atoms with Crippen molar-refractivity contribution >= 4 is 45.9 Å². The summed E-state index contributed by atoms with van der Waals surface area (Å²) in [4.78, 5) is 32.9. The van der Waals surface area contributed by atoms with Gasteiger partial charge in [0.2, 0.25) is 5.91 Å². The van der Waals surface area contributed by atoms with Crippen LogP contribution in [-0.4, -0.2) is 28.9 Å². The molecule has 32 heavy (non-hydrogen) atoms. The number of furan rings is 1. The average Bonchev–Trinajstić information content (AvgIpc) is 3.18. The topological polar surface area (TPSA) is 106 Å². The summed E-state index contributed by atoms with van der Waals surface area (Å²) in [6, 6.07) is 14.2. The molecule has 4 aromatic rings. The molecule has 2 aromatic heterocycles. The van der Waals surface area contributed by atoms with Crippen LogP contribution in [0.1, 0.15) is 23.0 Å². The van der Waals surface area contributed by atoms with Crippen molar-refractivity contribution in [2.45, 2.75) is 17.8 Å². The standard InChI is InChI=1S/C23H20N4O4S/c1-14(28)26-18-9-8-15(12-20(18)30-2)27-22(29)21-17(13-32-23-24-10-5-11-25-23)16-6-3-4-7-19(16)31-21/h3-12H,13H2,1-2H3,(H,26,28)(H,27,29). The van der Waals surface area contributed by atoms with Crippen molar-refractivity contribution < 1.29 is 18.7 Å². The first-order valence-electron chi connectivity index (χ1n) is 9.72. The molecular formula is C23H20N4O4S. The van der Waals surface area contributed by atoms with Gasteiger partial charge in [0.15, 0.2) is 10.9 Å². The van der Waals surface area contributed by atoms with Crippen LogP contribution in [0.25, 0.3) is 11.0 Å². The minimum Gasteiger partial charge on any atom is -0.494 e. The second-order valence-corrected chi connectivity index (χ2v) is 7.72. The second kappa shape index (κ2) is 9.52. The Morgan fingerprint density at radius 3 is 2.59 bits per heavy atom. The number of aromatic nitrogens is 2. The molecule has 0 saturated heterocycles. The summed E-state index contributed by atoms with van der Waals surface area (Å²) in [5.74, 6) is 0.514. The van der Waals surface area contributed by atoms with E-state index in [1.54, 1.807) is 36.7 Å². The maximum atomic E-state index is 13.1. The third kappa shape index (κ3) is 4.73. The number of benzene rings is 2. The van der Waals surface area contributed by atoms with Crippen molar-refractivity contribution in [3.05, 3.63) is 72.2 Å². The molecule has 2 amide bonds. The number of methoxy groups -OCH3 is 1. The number of amides is 2. The molecule has 0 atom stereocenters. The molecule has 0 radical (unpaired) electrons. The van der Waals surface area contributed by atoms with Crippen molar-refractivity contribution in [2.24, 2.45) is 0 Å². The molecule has 162 valence electrons. The normalized spacial score (nSPS) is 10.7. The van der Waals surface area contributed by atoms with Gasteiger partial charge in [0.25, 0.3) is 5.91 Å². The van der Waals surface area contributed by atoms with E-state index in [2.05, 4.69) is 20.6 Å². The van der Waals surface area contributed by atoms with Gasteiger partial charge in [-0.1, -0.05) is 30.0 Å². The first-order valence-corrected chi connectivity index (χ1v) is 10.7. The molecule has 0 bridgehead atoms. The fraction of sp³-hybridized carbons (Fsp3) is 0.130. The van der Waals surface area contributed by atoms with Crippen molar-refractivity contribution in [3.63, 3.8) is 0 Å². The molecule has 2 heterocycles. The minimum atomic E-state index is -0.389. The van der Waals surface area contributed by atoms with Crippen LogP contribution >= 0.6 is 11.8 Å². The first kappa shape index (κ1) is 21.4. The molecule has 0 aliphatic carbocycles. The highest BCUT2D eigenvalue weighted by molar-refractivity contribution is 7.98. The fourth-order valence-corrected chi connectivity index (χ4v) is 4.00. The average molecular weight is 449 g/mol. The van der Waals surface area contributed by atoms with E-state index >= 15 is 0 Å². The first-order chi connectivity index (χ1) is 15.5. The lowest BCUT2D eigenvalue weighted by Crippen LogP contribution is -2.13. The number of rotatable bonds is 7. The van der Waals surface area contributed by atoms with Crippen molar-refractivity contribution in [3.8, 4) is 5.75 Å². The summed E-state index contributed by atoms with van der Waals surface area (Å²) in [6.07, 6.45) is 3.35. The second-order valence-electron chi connectivity index (χ2n) is 6.78. The molecular weight excluding hydrogens is 428 g/mol. The number of fused-ring (bicyclic) bond motifs is 1. The van der Waals surface area contributed by atoms with E-state index in [4.69, 9.17) is 9.15 Å². The van der Waals surface area contributed by atoms with Gasteiger partial charge < -0.3 is 19.8 Å². The molecule has 2 N–H and O–H groups in total. The Morgan fingerprint density at radius 1 is 1.06 bits per heavy atom. The smallest absolute Gasteiger partial charge is 0.291 e. The maximum absolute atomic E-state index is 13.1. The number of carbonyl (C=O) groups is 2. The summed E-state index contributed by atoms with van der Waals surface area (Å²) in [6.45, 7) is 1.41. The zero-order valence-corrected chi connectivity index (χ0v) is 18.2. The number of hydrogen-bond donors (Lipinski definition) is 2. The van der Waals surface area contributed by atoms with Gasteiger partial charge in [-0.05, 0) is 24.3 Å². The molecule has 4 rings (SSSR count). The highest BCUT2D eigenvalue weighted by Crippen LogP contribution is 2.32. The molecule has 0 spiro atoms. The van der Waals surface area contributed by atoms with Gasteiger partial charge in [0.05, 0.1) is 12.8 Å². The molecule has 0 aliphatic rings. The summed E-state index contributed by atoms with van der Waals surface area (Å²) in [5, 5.41) is 7.01. The van der Waals surface area contributed by atoms with E-state index in [0.29, 0.717) is 33.6 Å². The Bertz CT molecular complexity index is 1270. The molecule has 2 aromatic carbocycles. The molecule has 8 nitrogen and oxygen atoms in total. The molecule has 9 heteroatoms. The van der Waals surface area contributed by atoms with E-state index in [0.717, 1.165) is 10.9 Å². The summed E-state index contributed by atoms with van der Waals surface area (Å²) < 4.78 is 11.2. The van der Waals surface area contributed by atoms with Crippen LogP contribution in [0.5, 0.6) is 5.75 Å². The Balaban J connectivity index is 1.61. The lowest BCUT2D eigenvalue weighted by molar-refractivity contribution is -0.114. The number of nitrogens with one attached hydrogen (secondary N) is 2. The van der Waals surface area contributed by atoms with E-state index in [9.17, 15) is 9.59 Å². The highest BCUT2D eigenvalue weighted by atomic mass is 32.2. The van der Waals surface area contributed by atoms with Crippen LogP contribution in [0.3, 0.4) is 0 Å². The van der Waals surface area contributed by atoms with Gasteiger partial charge in [0, 0.05) is 47.8 Å². The lowest BCUT2D eigenvalue weighted by atomic mass is 10.1. The third-order valence-electron chi connectivity index (χ3n) is 4.56. The lowest BCUT2D eigenvalue weighted by Gasteiger charge is -2.11. The van der Waals surface area contributed by atoms with Crippen LogP contribution in [0.4, 0.5) is 11.4 Å². The number of nitrogens with zero attached hydrogens (tertiary/aromatic N) is 2. The largest absolute Gasteiger partial charge is 0.494 e. The van der Waals surface area contributed by atoms with E-state index in [1.165, 1.54) is 25.8 Å². The van der Waals surface area contributed by atoms with E-state index in [-0.39, 0.29) is 17.6 Å². The van der Waals surface area contributed by atoms with Crippen molar-refractivity contribution in [1.29, 1.82) is 0 Å². The van der Waals surface area contributed by atoms with Gasteiger partial charge in [-0.3, -0.25) is 9.59 Å². The summed E-state index contributed by atoms with van der Waals surface area (Å²) >= 11 is 1.42. The number of thioether (sulfide) groups is 1. The van der Waals surface area contributed by atoms with Crippen molar-refractivity contribution in [2.75, 3.05) is 17.7 Å². The SMILES string of the molecule is COc1cc(NC(=O)c2oc3ccccc3c2CSc2ncccn2)ccc1NC(C)=O. The molecule has 0 unspecified atom stereocenters. The number of ether oxygens (including phenoxy) is 1. The monoisotopic (exact) mass is 448 g/mol. The Kier molecular flexibility index (Phi) is 6.37. The Labute approximate surface area is 188 Å². The number of para-hydroxylation sites is 1. The predicted molar refractivity (Wildman–Crippen MR) is 123 cm³/mol. The quantitative estimate of drug-likeness (QED) is 0.311. The van der Waals surface area contributed by atoms with Crippen LogP contribution in [-0.2, 0) is 10.5 Å². The summed E-state index contributed by atoms with van der Waals surface area (Å²) in [5.41, 5.74) is 2.41. The van der Waals surface area contributed by atoms with Crippen LogP contribution in [0.15, 0.2) is 70.5 Å². The van der Waals surface area contributed by atoms with Crippen LogP contribution < -0.4 is 15.4 Å². The van der Waals surface area contributed by atoms with Gasteiger partial charge >= 0.3 is 0 Å². The van der Waals surface area contributed by atoms with Gasteiger partial charge in [-0.15, -0.1) is 0 Å². The van der Waals surface area contributed by atoms with Gasteiger partial charge in [-0.25, -0.2) is 9.97 Å².